The van der Waals surface area contributed by atoms with E-state index in [1.165, 1.54) is 57.1 Å². The number of nitrogens with zero attached hydrogens (tertiary/aromatic N) is 1. The monoisotopic (exact) mass is 293 g/mol. The van der Waals surface area contributed by atoms with Gasteiger partial charge in [0.1, 0.15) is 0 Å². The molecule has 0 unspecified atom stereocenters. The van der Waals surface area contributed by atoms with Gasteiger partial charge in [0.05, 0.1) is 16.3 Å². The van der Waals surface area contributed by atoms with Gasteiger partial charge in [-0.1, -0.05) is 51.9 Å². The Kier molecular flexibility index (Phi) is 8.24. The number of nitrogen functional groups attached to an aromatic ring is 1. The molecule has 1 aromatic carbocycles. The number of nitrogens with two attached hydrogens (primary N) is 1. The number of benzene rings is 1. The first-order valence-corrected chi connectivity index (χ1v) is 7.93. The Labute approximate surface area is 127 Å². The predicted octanol–water partition coefficient (Wildman–Crippen LogP) is 4.73. The fourth-order valence-corrected chi connectivity index (χ4v) is 2.31. The summed E-state index contributed by atoms with van der Waals surface area (Å²) in [6.45, 7) is 3.09. The van der Waals surface area contributed by atoms with Crippen molar-refractivity contribution in [1.29, 1.82) is 0 Å². The van der Waals surface area contributed by atoms with Crippen LogP contribution in [0.1, 0.15) is 58.3 Å². The first-order chi connectivity index (χ1) is 10.1. The molecule has 0 radical (unpaired) electrons. The molecule has 0 aliphatic rings. The summed E-state index contributed by atoms with van der Waals surface area (Å²) in [5.74, 6) is 0. The van der Waals surface area contributed by atoms with Gasteiger partial charge in [0.25, 0.3) is 5.69 Å². The highest BCUT2D eigenvalue weighted by atomic mass is 16.6. The van der Waals surface area contributed by atoms with Crippen molar-refractivity contribution in [2.75, 3.05) is 17.6 Å². The number of unbranched alkanes of at least 4 members (excludes halogenated alkanes) is 7. The molecule has 0 saturated heterocycles. The first-order valence-electron chi connectivity index (χ1n) is 7.93. The molecule has 0 bridgehead atoms. The summed E-state index contributed by atoms with van der Waals surface area (Å²) in [6, 6.07) is 4.56. The van der Waals surface area contributed by atoms with E-state index in [1.54, 1.807) is 6.07 Å². The van der Waals surface area contributed by atoms with E-state index >= 15 is 0 Å². The molecule has 5 heteroatoms. The predicted molar refractivity (Wildman–Crippen MR) is 88.6 cm³/mol. The molecule has 21 heavy (non-hydrogen) atoms. The van der Waals surface area contributed by atoms with Gasteiger partial charge in [-0.15, -0.1) is 0 Å². The molecule has 118 valence electrons. The Morgan fingerprint density at radius 3 is 2.29 bits per heavy atom. The summed E-state index contributed by atoms with van der Waals surface area (Å²) in [6.07, 6.45) is 10.3. The maximum atomic E-state index is 10.6. The van der Waals surface area contributed by atoms with Gasteiger partial charge in [-0.3, -0.25) is 10.1 Å². The molecule has 3 N–H and O–H groups in total. The van der Waals surface area contributed by atoms with Crippen molar-refractivity contribution in [3.8, 4) is 0 Å². The third kappa shape index (κ3) is 6.97. The van der Waals surface area contributed by atoms with E-state index in [-0.39, 0.29) is 5.69 Å². The van der Waals surface area contributed by atoms with Crippen LogP contribution in [-0.4, -0.2) is 11.5 Å². The SMILES string of the molecule is CCCCCCCCCCNc1ccc([N+](=O)[O-])cc1N. The zero-order valence-corrected chi connectivity index (χ0v) is 12.9. The Hall–Kier alpha value is -1.78. The van der Waals surface area contributed by atoms with Gasteiger partial charge >= 0.3 is 0 Å². The summed E-state index contributed by atoms with van der Waals surface area (Å²) in [5, 5.41) is 13.9. The zero-order chi connectivity index (χ0) is 15.5. The average molecular weight is 293 g/mol. The van der Waals surface area contributed by atoms with Crippen LogP contribution in [0.15, 0.2) is 18.2 Å². The van der Waals surface area contributed by atoms with E-state index in [2.05, 4.69) is 12.2 Å². The normalized spacial score (nSPS) is 10.5. The van der Waals surface area contributed by atoms with Crippen LogP contribution in [0, 0.1) is 10.1 Å². The van der Waals surface area contributed by atoms with Crippen LogP contribution < -0.4 is 11.1 Å². The van der Waals surface area contributed by atoms with Crippen LogP contribution in [0.5, 0.6) is 0 Å². The van der Waals surface area contributed by atoms with Crippen molar-refractivity contribution >= 4 is 17.1 Å². The smallest absolute Gasteiger partial charge is 0.271 e. The minimum atomic E-state index is -0.432. The maximum Gasteiger partial charge on any atom is 0.271 e. The Bertz CT molecular complexity index is 436. The van der Waals surface area contributed by atoms with Crippen LogP contribution in [0.2, 0.25) is 0 Å². The molecule has 0 saturated carbocycles. The fourth-order valence-electron chi connectivity index (χ4n) is 2.31. The van der Waals surface area contributed by atoms with E-state index in [0.29, 0.717) is 5.69 Å². The number of anilines is 2. The quantitative estimate of drug-likeness (QED) is 0.267. The van der Waals surface area contributed by atoms with Gasteiger partial charge < -0.3 is 11.1 Å². The standard InChI is InChI=1S/C16H27N3O2/c1-2-3-4-5-6-7-8-9-12-18-16-11-10-14(19(20)21)13-15(16)17/h10-11,13,18H,2-9,12,17H2,1H3. The van der Waals surface area contributed by atoms with Gasteiger partial charge in [0, 0.05) is 18.7 Å². The lowest BCUT2D eigenvalue weighted by Gasteiger charge is -2.09. The highest BCUT2D eigenvalue weighted by Gasteiger charge is 2.07. The lowest BCUT2D eigenvalue weighted by molar-refractivity contribution is -0.384. The second-order valence-electron chi connectivity index (χ2n) is 5.43. The van der Waals surface area contributed by atoms with Crippen molar-refractivity contribution in [2.24, 2.45) is 0 Å². The summed E-state index contributed by atoms with van der Waals surface area (Å²) in [4.78, 5) is 10.2. The molecular formula is C16H27N3O2. The number of nitro groups is 1. The number of nitrogens with one attached hydrogen (secondary N) is 1. The maximum absolute atomic E-state index is 10.6. The van der Waals surface area contributed by atoms with E-state index < -0.39 is 4.92 Å². The number of rotatable bonds is 11. The van der Waals surface area contributed by atoms with Crippen molar-refractivity contribution in [1.82, 2.24) is 0 Å². The summed E-state index contributed by atoms with van der Waals surface area (Å²) in [5.41, 5.74) is 7.05. The lowest BCUT2D eigenvalue weighted by atomic mass is 10.1. The second-order valence-corrected chi connectivity index (χ2v) is 5.43. The molecule has 0 aliphatic carbocycles. The fraction of sp³-hybridized carbons (Fsp3) is 0.625. The van der Waals surface area contributed by atoms with Crippen molar-refractivity contribution in [3.05, 3.63) is 28.3 Å². The lowest BCUT2D eigenvalue weighted by Crippen LogP contribution is -2.04. The Balaban J connectivity index is 2.14. The molecule has 0 aliphatic heterocycles. The number of hydrogen-bond donors (Lipinski definition) is 2. The zero-order valence-electron chi connectivity index (χ0n) is 12.9. The highest BCUT2D eigenvalue weighted by Crippen LogP contribution is 2.24. The molecule has 0 heterocycles. The molecule has 5 nitrogen and oxygen atoms in total. The van der Waals surface area contributed by atoms with E-state index in [1.807, 2.05) is 0 Å². The number of hydrogen-bond acceptors (Lipinski definition) is 4. The van der Waals surface area contributed by atoms with E-state index in [0.717, 1.165) is 18.7 Å². The topological polar surface area (TPSA) is 81.2 Å². The number of non-ortho nitro benzene ring substituents is 1. The minimum absolute atomic E-state index is 0.0325. The minimum Gasteiger partial charge on any atom is -0.397 e. The molecule has 1 rings (SSSR count). The van der Waals surface area contributed by atoms with E-state index in [9.17, 15) is 10.1 Å². The summed E-state index contributed by atoms with van der Waals surface area (Å²) in [7, 11) is 0. The molecule has 0 atom stereocenters. The molecule has 1 aromatic rings. The van der Waals surface area contributed by atoms with Gasteiger partial charge in [0.15, 0.2) is 0 Å². The van der Waals surface area contributed by atoms with Crippen LogP contribution in [-0.2, 0) is 0 Å². The Morgan fingerprint density at radius 2 is 1.71 bits per heavy atom. The largest absolute Gasteiger partial charge is 0.397 e. The molecule has 0 spiro atoms. The van der Waals surface area contributed by atoms with Gasteiger partial charge in [-0.05, 0) is 12.5 Å². The van der Waals surface area contributed by atoms with E-state index in [4.69, 9.17) is 5.73 Å². The summed E-state index contributed by atoms with van der Waals surface area (Å²) >= 11 is 0. The van der Waals surface area contributed by atoms with Crippen LogP contribution in [0.4, 0.5) is 17.1 Å². The van der Waals surface area contributed by atoms with Crippen molar-refractivity contribution in [2.45, 2.75) is 58.3 Å². The van der Waals surface area contributed by atoms with Crippen LogP contribution in [0.3, 0.4) is 0 Å². The van der Waals surface area contributed by atoms with Crippen molar-refractivity contribution < 1.29 is 4.92 Å². The van der Waals surface area contributed by atoms with Crippen LogP contribution >= 0.6 is 0 Å². The first kappa shape index (κ1) is 17.3. The number of nitro benzene ring substituents is 1. The second kappa shape index (κ2) is 10.0. The third-order valence-electron chi connectivity index (χ3n) is 3.59. The van der Waals surface area contributed by atoms with Gasteiger partial charge in [0.2, 0.25) is 0 Å². The third-order valence-corrected chi connectivity index (χ3v) is 3.59. The summed E-state index contributed by atoms with van der Waals surface area (Å²) < 4.78 is 0. The molecular weight excluding hydrogens is 266 g/mol. The molecule has 0 amide bonds. The van der Waals surface area contributed by atoms with Gasteiger partial charge in [-0.2, -0.15) is 0 Å². The Morgan fingerprint density at radius 1 is 1.10 bits per heavy atom. The van der Waals surface area contributed by atoms with Crippen LogP contribution in [0.25, 0.3) is 0 Å². The van der Waals surface area contributed by atoms with Crippen molar-refractivity contribution in [3.63, 3.8) is 0 Å². The average Bonchev–Trinajstić information content (AvgIpc) is 2.46. The molecule has 0 fully saturated rings. The molecule has 0 aromatic heterocycles. The highest BCUT2D eigenvalue weighted by molar-refractivity contribution is 5.69. The van der Waals surface area contributed by atoms with Gasteiger partial charge in [-0.25, -0.2) is 0 Å².